The summed E-state index contributed by atoms with van der Waals surface area (Å²) in [6.07, 6.45) is 0.171. The Labute approximate surface area is 125 Å². The van der Waals surface area contributed by atoms with Crippen LogP contribution >= 0.6 is 23.2 Å². The van der Waals surface area contributed by atoms with Crippen molar-refractivity contribution in [3.63, 3.8) is 0 Å². The second-order valence-corrected chi connectivity index (χ2v) is 4.72. The second kappa shape index (κ2) is 6.98. The number of benzene rings is 1. The van der Waals surface area contributed by atoms with Gasteiger partial charge in [-0.2, -0.15) is 5.26 Å². The lowest BCUT2D eigenvalue weighted by atomic mass is 10.2. The van der Waals surface area contributed by atoms with Gasteiger partial charge < -0.3 is 15.3 Å². The maximum absolute atomic E-state index is 11.9. The van der Waals surface area contributed by atoms with Gasteiger partial charge in [-0.25, -0.2) is 9.59 Å². The van der Waals surface area contributed by atoms with Gasteiger partial charge in [0.15, 0.2) is 0 Å². The third-order valence-corrected chi connectivity index (χ3v) is 2.94. The van der Waals surface area contributed by atoms with Crippen LogP contribution in [0.25, 0.3) is 0 Å². The Morgan fingerprint density at radius 1 is 1.45 bits per heavy atom. The molecule has 0 fully saturated rings. The van der Waals surface area contributed by atoms with Crippen molar-refractivity contribution in [1.29, 1.82) is 5.26 Å². The first-order valence-electron chi connectivity index (χ1n) is 5.48. The number of carboxylic acids is 1. The van der Waals surface area contributed by atoms with Crippen LogP contribution in [0.1, 0.15) is 16.8 Å². The van der Waals surface area contributed by atoms with Crippen molar-refractivity contribution in [1.82, 2.24) is 4.90 Å². The molecule has 0 spiro atoms. The number of urea groups is 1. The number of amides is 2. The quantitative estimate of drug-likeness (QED) is 0.892. The van der Waals surface area contributed by atoms with E-state index in [4.69, 9.17) is 33.6 Å². The van der Waals surface area contributed by atoms with Gasteiger partial charge in [-0.15, -0.1) is 0 Å². The number of carbonyl (C=O) groups excluding carboxylic acids is 1. The van der Waals surface area contributed by atoms with E-state index in [0.29, 0.717) is 0 Å². The summed E-state index contributed by atoms with van der Waals surface area (Å²) in [4.78, 5) is 24.2. The molecule has 2 amide bonds. The average molecular weight is 316 g/mol. The lowest BCUT2D eigenvalue weighted by molar-refractivity contribution is 0.0698. The number of anilines is 1. The number of nitriles is 1. The molecule has 0 heterocycles. The molecule has 0 bridgehead atoms. The number of hydrogen-bond donors (Lipinski definition) is 2. The van der Waals surface area contributed by atoms with Crippen LogP contribution in [0.5, 0.6) is 0 Å². The zero-order valence-electron chi connectivity index (χ0n) is 10.5. The monoisotopic (exact) mass is 315 g/mol. The first-order chi connectivity index (χ1) is 9.36. The zero-order chi connectivity index (χ0) is 15.3. The van der Waals surface area contributed by atoms with Gasteiger partial charge in [0.25, 0.3) is 0 Å². The van der Waals surface area contributed by atoms with Crippen molar-refractivity contribution in [2.75, 3.05) is 18.9 Å². The lowest BCUT2D eigenvalue weighted by Gasteiger charge is -2.18. The van der Waals surface area contributed by atoms with E-state index in [-0.39, 0.29) is 34.3 Å². The van der Waals surface area contributed by atoms with Crippen molar-refractivity contribution < 1.29 is 14.7 Å². The fourth-order valence-electron chi connectivity index (χ4n) is 1.39. The summed E-state index contributed by atoms with van der Waals surface area (Å²) in [5.74, 6) is -1.26. The third-order valence-electron chi connectivity index (χ3n) is 2.42. The van der Waals surface area contributed by atoms with Crippen molar-refractivity contribution in [3.05, 3.63) is 27.7 Å². The Balaban J connectivity index is 3.00. The summed E-state index contributed by atoms with van der Waals surface area (Å²) in [5.41, 5.74) is -0.234. The molecule has 1 aromatic carbocycles. The van der Waals surface area contributed by atoms with Crippen LogP contribution in [0.15, 0.2) is 12.1 Å². The molecule has 0 radical (unpaired) electrons. The summed E-state index contributed by atoms with van der Waals surface area (Å²) in [7, 11) is 1.48. The first-order valence-corrected chi connectivity index (χ1v) is 6.23. The van der Waals surface area contributed by atoms with Crippen LogP contribution in [0.3, 0.4) is 0 Å². The van der Waals surface area contributed by atoms with Crippen LogP contribution in [-0.4, -0.2) is 35.6 Å². The van der Waals surface area contributed by atoms with E-state index in [0.717, 1.165) is 0 Å². The summed E-state index contributed by atoms with van der Waals surface area (Å²) in [6, 6.07) is 3.87. The zero-order valence-corrected chi connectivity index (χ0v) is 12.0. The molecule has 0 aliphatic carbocycles. The van der Waals surface area contributed by atoms with Crippen LogP contribution in [-0.2, 0) is 0 Å². The number of halogens is 2. The smallest absolute Gasteiger partial charge is 0.337 e. The van der Waals surface area contributed by atoms with Gasteiger partial charge in [0.1, 0.15) is 0 Å². The number of nitrogens with zero attached hydrogens (tertiary/aromatic N) is 2. The van der Waals surface area contributed by atoms with E-state index in [1.54, 1.807) is 0 Å². The number of carbonyl (C=O) groups is 2. The highest BCUT2D eigenvalue weighted by atomic mass is 35.5. The highest BCUT2D eigenvalue weighted by Gasteiger charge is 2.18. The first kappa shape index (κ1) is 16.1. The van der Waals surface area contributed by atoms with Gasteiger partial charge in [0, 0.05) is 18.6 Å². The normalized spacial score (nSPS) is 9.70. The van der Waals surface area contributed by atoms with E-state index >= 15 is 0 Å². The fraction of sp³-hybridized carbons (Fsp3) is 0.250. The van der Waals surface area contributed by atoms with E-state index in [1.165, 1.54) is 24.1 Å². The van der Waals surface area contributed by atoms with E-state index in [2.05, 4.69) is 5.32 Å². The maximum Gasteiger partial charge on any atom is 0.337 e. The van der Waals surface area contributed by atoms with Crippen LogP contribution < -0.4 is 5.32 Å². The summed E-state index contributed by atoms with van der Waals surface area (Å²) >= 11 is 11.6. The molecular formula is C12H11Cl2N3O3. The second-order valence-electron chi connectivity index (χ2n) is 3.88. The highest BCUT2D eigenvalue weighted by molar-refractivity contribution is 6.37. The number of rotatable bonds is 4. The number of aromatic carboxylic acids is 1. The summed E-state index contributed by atoms with van der Waals surface area (Å²) in [5, 5.41) is 20.1. The fourth-order valence-corrected chi connectivity index (χ4v) is 1.93. The van der Waals surface area contributed by atoms with Crippen molar-refractivity contribution in [2.45, 2.75) is 6.42 Å². The van der Waals surface area contributed by atoms with Gasteiger partial charge >= 0.3 is 12.0 Å². The van der Waals surface area contributed by atoms with Gasteiger partial charge in [-0.05, 0) is 12.1 Å². The maximum atomic E-state index is 11.9. The number of nitrogens with one attached hydrogen (secondary N) is 1. The topological polar surface area (TPSA) is 93.4 Å². The third kappa shape index (κ3) is 4.02. The SMILES string of the molecule is CN(CCC#N)C(=O)Nc1c(Cl)cc(Cl)cc1C(=O)O. The minimum absolute atomic E-state index is 0.0249. The Hall–Kier alpha value is -1.97. The number of carboxylic acid groups (broad SMARTS) is 1. The van der Waals surface area contributed by atoms with Crippen LogP contribution in [0, 0.1) is 11.3 Å². The molecular weight excluding hydrogens is 305 g/mol. The van der Waals surface area contributed by atoms with Crippen molar-refractivity contribution in [3.8, 4) is 6.07 Å². The molecule has 0 aromatic heterocycles. The Morgan fingerprint density at radius 3 is 2.65 bits per heavy atom. The van der Waals surface area contributed by atoms with Crippen LogP contribution in [0.2, 0.25) is 10.0 Å². The van der Waals surface area contributed by atoms with Crippen LogP contribution in [0.4, 0.5) is 10.5 Å². The Morgan fingerprint density at radius 2 is 2.10 bits per heavy atom. The minimum Gasteiger partial charge on any atom is -0.478 e. The molecule has 1 aromatic rings. The van der Waals surface area contributed by atoms with E-state index in [1.807, 2.05) is 6.07 Å². The molecule has 106 valence electrons. The van der Waals surface area contributed by atoms with Gasteiger partial charge in [0.05, 0.1) is 28.8 Å². The summed E-state index contributed by atoms with van der Waals surface area (Å²) in [6.45, 7) is 0.218. The van der Waals surface area contributed by atoms with E-state index < -0.39 is 12.0 Å². The molecule has 20 heavy (non-hydrogen) atoms. The Kier molecular flexibility index (Phi) is 5.62. The van der Waals surface area contributed by atoms with Crippen molar-refractivity contribution >= 4 is 40.9 Å². The molecule has 0 saturated heterocycles. The molecule has 0 atom stereocenters. The lowest BCUT2D eigenvalue weighted by Crippen LogP contribution is -2.32. The minimum atomic E-state index is -1.26. The standard InChI is InChI=1S/C12H11Cl2N3O3/c1-17(4-2-3-15)12(20)16-10-8(11(18)19)5-7(13)6-9(10)14/h5-6H,2,4H2,1H3,(H,16,20)(H,18,19). The Bertz CT molecular complexity index is 584. The molecule has 6 nitrogen and oxygen atoms in total. The predicted molar refractivity (Wildman–Crippen MR) is 75.3 cm³/mol. The van der Waals surface area contributed by atoms with E-state index in [9.17, 15) is 9.59 Å². The molecule has 0 unspecified atom stereocenters. The molecule has 8 heteroatoms. The molecule has 0 aliphatic rings. The molecule has 2 N–H and O–H groups in total. The van der Waals surface area contributed by atoms with Gasteiger partial charge in [-0.1, -0.05) is 23.2 Å². The summed E-state index contributed by atoms with van der Waals surface area (Å²) < 4.78 is 0. The molecule has 1 rings (SSSR count). The molecule has 0 saturated carbocycles. The van der Waals surface area contributed by atoms with Crippen molar-refractivity contribution in [2.24, 2.45) is 0 Å². The predicted octanol–water partition coefficient (Wildman–Crippen LogP) is 3.07. The number of hydrogen-bond acceptors (Lipinski definition) is 3. The molecule has 0 aliphatic heterocycles. The average Bonchev–Trinajstić information content (AvgIpc) is 2.38. The van der Waals surface area contributed by atoms with Gasteiger partial charge in [-0.3, -0.25) is 0 Å². The van der Waals surface area contributed by atoms with Gasteiger partial charge in [0.2, 0.25) is 0 Å². The highest BCUT2D eigenvalue weighted by Crippen LogP contribution is 2.30. The largest absolute Gasteiger partial charge is 0.478 e.